The first-order valence-electron chi connectivity index (χ1n) is 6.60. The van der Waals surface area contributed by atoms with Crippen molar-refractivity contribution in [1.29, 1.82) is 0 Å². The van der Waals surface area contributed by atoms with Crippen molar-refractivity contribution in [2.45, 2.75) is 6.42 Å². The number of hydrogen-bond donors (Lipinski definition) is 0. The Hall–Kier alpha value is -2.37. The Balaban J connectivity index is 1.76. The molecule has 1 aliphatic rings. The highest BCUT2D eigenvalue weighted by atomic mass is 35.5. The van der Waals surface area contributed by atoms with E-state index in [0.29, 0.717) is 20.7 Å². The molecule has 0 radical (unpaired) electrons. The second-order valence-corrected chi connectivity index (χ2v) is 5.67. The summed E-state index contributed by atoms with van der Waals surface area (Å²) in [5, 5.41) is 1.22. The normalized spacial score (nSPS) is 13.2. The first-order valence-corrected chi connectivity index (χ1v) is 7.35. The van der Waals surface area contributed by atoms with E-state index in [-0.39, 0.29) is 17.5 Å². The van der Waals surface area contributed by atoms with Gasteiger partial charge in [0.15, 0.2) is 0 Å². The van der Waals surface area contributed by atoms with Gasteiger partial charge in [-0.2, -0.15) is 0 Å². The Morgan fingerprint density at radius 3 is 2.22 bits per heavy atom. The van der Waals surface area contributed by atoms with Gasteiger partial charge in [0.2, 0.25) is 0 Å². The van der Waals surface area contributed by atoms with Gasteiger partial charge in [0.1, 0.15) is 0 Å². The van der Waals surface area contributed by atoms with Crippen molar-refractivity contribution in [3.8, 4) is 0 Å². The maximum Gasteiger partial charge on any atom is 0.337 e. The van der Waals surface area contributed by atoms with Crippen LogP contribution in [-0.4, -0.2) is 22.8 Å². The molecule has 0 spiro atoms. The van der Waals surface area contributed by atoms with E-state index in [9.17, 15) is 14.4 Å². The highest BCUT2D eigenvalue weighted by molar-refractivity contribution is 6.33. The number of rotatable bonds is 3. The summed E-state index contributed by atoms with van der Waals surface area (Å²) in [5.41, 5.74) is 0.845. The summed E-state index contributed by atoms with van der Waals surface area (Å²) in [6, 6.07) is 10.9. The van der Waals surface area contributed by atoms with Crippen LogP contribution in [0, 0.1) is 0 Å². The zero-order valence-electron chi connectivity index (χ0n) is 11.6. The number of benzene rings is 2. The standard InChI is InChI=1S/C16H9Cl2NO4/c17-10-5-6-13(18)9(7-10)8-14(20)23-19-15(21)11-3-1-2-4-12(11)16(19)22/h1-7H,8H2. The Morgan fingerprint density at radius 2 is 1.61 bits per heavy atom. The van der Waals surface area contributed by atoms with Crippen molar-refractivity contribution in [3.63, 3.8) is 0 Å². The quantitative estimate of drug-likeness (QED) is 0.797. The minimum Gasteiger partial charge on any atom is -0.329 e. The highest BCUT2D eigenvalue weighted by Crippen LogP contribution is 2.24. The summed E-state index contributed by atoms with van der Waals surface area (Å²) in [6.07, 6.45) is -0.215. The van der Waals surface area contributed by atoms with Gasteiger partial charge < -0.3 is 4.84 Å². The van der Waals surface area contributed by atoms with Crippen molar-refractivity contribution in [2.24, 2.45) is 0 Å². The van der Waals surface area contributed by atoms with Gasteiger partial charge in [-0.25, -0.2) is 4.79 Å². The second-order valence-electron chi connectivity index (χ2n) is 4.83. The van der Waals surface area contributed by atoms with E-state index < -0.39 is 17.8 Å². The molecule has 2 aromatic rings. The third kappa shape index (κ3) is 2.93. The van der Waals surface area contributed by atoms with E-state index in [0.717, 1.165) is 0 Å². The van der Waals surface area contributed by atoms with Crippen LogP contribution in [0.4, 0.5) is 0 Å². The minimum atomic E-state index is -0.788. The van der Waals surface area contributed by atoms with E-state index in [1.807, 2.05) is 0 Å². The number of carbonyl (C=O) groups excluding carboxylic acids is 3. The SMILES string of the molecule is O=C(Cc1cc(Cl)ccc1Cl)ON1C(=O)c2ccccc2C1=O. The van der Waals surface area contributed by atoms with Crippen LogP contribution in [0.3, 0.4) is 0 Å². The Kier molecular flexibility index (Phi) is 4.07. The molecule has 1 heterocycles. The van der Waals surface area contributed by atoms with Gasteiger partial charge in [0.25, 0.3) is 11.8 Å². The molecule has 0 saturated heterocycles. The number of imide groups is 1. The molecule has 23 heavy (non-hydrogen) atoms. The lowest BCUT2D eigenvalue weighted by molar-refractivity contribution is -0.167. The molecule has 0 bridgehead atoms. The molecule has 5 nitrogen and oxygen atoms in total. The molecule has 0 fully saturated rings. The number of fused-ring (bicyclic) bond motifs is 1. The van der Waals surface area contributed by atoms with E-state index >= 15 is 0 Å². The first kappa shape index (κ1) is 15.5. The van der Waals surface area contributed by atoms with Gasteiger partial charge in [-0.15, -0.1) is 0 Å². The fraction of sp³-hybridized carbons (Fsp3) is 0.0625. The van der Waals surface area contributed by atoms with Crippen molar-refractivity contribution in [3.05, 3.63) is 69.2 Å². The topological polar surface area (TPSA) is 63.7 Å². The predicted molar refractivity (Wildman–Crippen MR) is 83.2 cm³/mol. The summed E-state index contributed by atoms with van der Waals surface area (Å²) in [7, 11) is 0. The maximum absolute atomic E-state index is 12.1. The average Bonchev–Trinajstić information content (AvgIpc) is 2.76. The lowest BCUT2D eigenvalue weighted by Crippen LogP contribution is -2.33. The minimum absolute atomic E-state index is 0.200. The molecule has 0 unspecified atom stereocenters. The highest BCUT2D eigenvalue weighted by Gasteiger charge is 2.38. The van der Waals surface area contributed by atoms with E-state index in [4.69, 9.17) is 28.0 Å². The van der Waals surface area contributed by atoms with E-state index in [1.165, 1.54) is 18.2 Å². The largest absolute Gasteiger partial charge is 0.337 e. The number of nitrogens with zero attached hydrogens (tertiary/aromatic N) is 1. The number of carbonyl (C=O) groups is 3. The number of hydrogen-bond acceptors (Lipinski definition) is 4. The lowest BCUT2D eigenvalue weighted by atomic mass is 10.1. The van der Waals surface area contributed by atoms with Crippen LogP contribution in [-0.2, 0) is 16.1 Å². The third-order valence-electron chi connectivity index (χ3n) is 3.29. The second kappa shape index (κ2) is 6.02. The van der Waals surface area contributed by atoms with Crippen LogP contribution in [0.5, 0.6) is 0 Å². The van der Waals surface area contributed by atoms with Crippen molar-refractivity contribution < 1.29 is 19.2 Å². The smallest absolute Gasteiger partial charge is 0.329 e. The molecule has 0 N–H and O–H groups in total. The molecule has 116 valence electrons. The van der Waals surface area contributed by atoms with Crippen LogP contribution >= 0.6 is 23.2 Å². The van der Waals surface area contributed by atoms with Crippen LogP contribution in [0.25, 0.3) is 0 Å². The van der Waals surface area contributed by atoms with Crippen LogP contribution < -0.4 is 0 Å². The Bertz CT molecular complexity index is 800. The molecule has 3 rings (SSSR count). The van der Waals surface area contributed by atoms with Gasteiger partial charge in [-0.05, 0) is 35.9 Å². The van der Waals surface area contributed by atoms with Crippen molar-refractivity contribution in [1.82, 2.24) is 5.06 Å². The summed E-state index contributed by atoms with van der Waals surface area (Å²) >= 11 is 11.8. The molecular formula is C16H9Cl2NO4. The van der Waals surface area contributed by atoms with E-state index in [1.54, 1.807) is 24.3 Å². The molecule has 0 atom stereocenters. The van der Waals surface area contributed by atoms with E-state index in [2.05, 4.69) is 0 Å². The molecule has 0 aromatic heterocycles. The van der Waals surface area contributed by atoms with Crippen LogP contribution in [0.2, 0.25) is 10.0 Å². The van der Waals surface area contributed by atoms with Gasteiger partial charge in [-0.3, -0.25) is 9.59 Å². The number of hydroxylamine groups is 2. The van der Waals surface area contributed by atoms with Gasteiger partial charge in [0, 0.05) is 10.0 Å². The number of amides is 2. The molecule has 0 aliphatic carbocycles. The number of halogens is 2. The fourth-order valence-electron chi connectivity index (χ4n) is 2.22. The molecule has 1 aliphatic heterocycles. The zero-order valence-corrected chi connectivity index (χ0v) is 13.1. The summed E-state index contributed by atoms with van der Waals surface area (Å²) in [4.78, 5) is 41.1. The maximum atomic E-state index is 12.1. The molecule has 7 heteroatoms. The zero-order chi connectivity index (χ0) is 16.6. The molecule has 2 amide bonds. The first-order chi connectivity index (χ1) is 11.0. The van der Waals surface area contributed by atoms with Gasteiger partial charge in [0.05, 0.1) is 17.5 Å². The molecular weight excluding hydrogens is 341 g/mol. The Morgan fingerprint density at radius 1 is 1.00 bits per heavy atom. The van der Waals surface area contributed by atoms with Gasteiger partial charge in [-0.1, -0.05) is 40.4 Å². The third-order valence-corrected chi connectivity index (χ3v) is 3.90. The molecule has 2 aromatic carbocycles. The lowest BCUT2D eigenvalue weighted by Gasteiger charge is -2.13. The Labute approximate surface area is 141 Å². The predicted octanol–water partition coefficient (Wildman–Crippen LogP) is 3.29. The fourth-order valence-corrected chi connectivity index (χ4v) is 2.60. The van der Waals surface area contributed by atoms with Crippen LogP contribution in [0.1, 0.15) is 26.3 Å². The monoisotopic (exact) mass is 349 g/mol. The van der Waals surface area contributed by atoms with Crippen molar-refractivity contribution >= 4 is 41.0 Å². The summed E-state index contributed by atoms with van der Waals surface area (Å²) in [5.74, 6) is -2.13. The van der Waals surface area contributed by atoms with Crippen molar-refractivity contribution in [2.75, 3.05) is 0 Å². The average molecular weight is 350 g/mol. The molecule has 0 saturated carbocycles. The van der Waals surface area contributed by atoms with Gasteiger partial charge >= 0.3 is 5.97 Å². The summed E-state index contributed by atoms with van der Waals surface area (Å²) < 4.78 is 0. The van der Waals surface area contributed by atoms with Crippen LogP contribution in [0.15, 0.2) is 42.5 Å². The summed E-state index contributed by atoms with van der Waals surface area (Å²) in [6.45, 7) is 0.